The van der Waals surface area contributed by atoms with Crippen LogP contribution in [0.4, 0.5) is 4.39 Å². The highest BCUT2D eigenvalue weighted by atomic mass is 19.1. The fourth-order valence-electron chi connectivity index (χ4n) is 2.73. The second kappa shape index (κ2) is 8.80. The number of aromatic nitrogens is 2. The van der Waals surface area contributed by atoms with E-state index in [1.54, 1.807) is 31.7 Å². The van der Waals surface area contributed by atoms with Crippen molar-refractivity contribution in [2.75, 3.05) is 13.6 Å². The molecule has 2 aromatic carbocycles. The minimum Gasteiger partial charge on any atom is -0.356 e. The molecule has 0 aliphatic carbocycles. The summed E-state index contributed by atoms with van der Waals surface area (Å²) in [6.45, 7) is 1.31. The van der Waals surface area contributed by atoms with Gasteiger partial charge >= 0.3 is 0 Å². The van der Waals surface area contributed by atoms with E-state index in [2.05, 4.69) is 32.7 Å². The molecule has 1 heterocycles. The van der Waals surface area contributed by atoms with E-state index in [0.717, 1.165) is 23.2 Å². The molecule has 5 nitrogen and oxygen atoms in total. The Kier molecular flexibility index (Phi) is 5.98. The normalized spacial score (nSPS) is 11.4. The Balaban J connectivity index is 1.55. The molecular formula is C20H22FN5. The van der Waals surface area contributed by atoms with E-state index in [4.69, 9.17) is 0 Å². The Labute approximate surface area is 152 Å². The lowest BCUT2D eigenvalue weighted by molar-refractivity contribution is 0.625. The van der Waals surface area contributed by atoms with E-state index in [0.29, 0.717) is 19.0 Å². The number of halogens is 1. The van der Waals surface area contributed by atoms with Crippen molar-refractivity contribution in [1.82, 2.24) is 20.2 Å². The summed E-state index contributed by atoms with van der Waals surface area (Å²) in [5.74, 6) is 0.503. The largest absolute Gasteiger partial charge is 0.356 e. The highest BCUT2D eigenvalue weighted by molar-refractivity contribution is 5.79. The van der Waals surface area contributed by atoms with Crippen molar-refractivity contribution < 1.29 is 4.39 Å². The minimum absolute atomic E-state index is 0.207. The summed E-state index contributed by atoms with van der Waals surface area (Å²) in [5, 5.41) is 6.58. The number of hydrogen-bond acceptors (Lipinski definition) is 2. The highest BCUT2D eigenvalue weighted by Gasteiger charge is 2.05. The Hall–Kier alpha value is -3.15. The highest BCUT2D eigenvalue weighted by Crippen LogP contribution is 2.13. The van der Waals surface area contributed by atoms with Crippen LogP contribution >= 0.6 is 0 Å². The van der Waals surface area contributed by atoms with Gasteiger partial charge in [0.25, 0.3) is 0 Å². The van der Waals surface area contributed by atoms with Crippen LogP contribution in [0.2, 0.25) is 0 Å². The summed E-state index contributed by atoms with van der Waals surface area (Å²) in [4.78, 5) is 8.35. The number of nitrogens with zero attached hydrogens (tertiary/aromatic N) is 3. The molecule has 0 bridgehead atoms. The fraction of sp³-hybridized carbons (Fsp3) is 0.200. The number of para-hydroxylation sites is 1. The Morgan fingerprint density at radius 2 is 2.04 bits per heavy atom. The molecule has 0 unspecified atom stereocenters. The van der Waals surface area contributed by atoms with E-state index >= 15 is 0 Å². The average molecular weight is 351 g/mol. The molecule has 0 fully saturated rings. The van der Waals surface area contributed by atoms with Gasteiger partial charge in [-0.15, -0.1) is 0 Å². The third-order valence-corrected chi connectivity index (χ3v) is 4.04. The van der Waals surface area contributed by atoms with Gasteiger partial charge in [0.2, 0.25) is 0 Å². The first kappa shape index (κ1) is 17.7. The first-order valence-corrected chi connectivity index (χ1v) is 8.51. The maximum Gasteiger partial charge on any atom is 0.191 e. The third-order valence-electron chi connectivity index (χ3n) is 4.04. The molecule has 0 atom stereocenters. The molecule has 2 N–H and O–H groups in total. The van der Waals surface area contributed by atoms with E-state index in [1.165, 1.54) is 6.07 Å². The summed E-state index contributed by atoms with van der Waals surface area (Å²) in [6, 6.07) is 14.8. The molecule has 6 heteroatoms. The van der Waals surface area contributed by atoms with Gasteiger partial charge in [0.15, 0.2) is 5.96 Å². The van der Waals surface area contributed by atoms with Gasteiger partial charge < -0.3 is 15.2 Å². The van der Waals surface area contributed by atoms with Gasteiger partial charge in [-0.3, -0.25) is 4.99 Å². The average Bonchev–Trinajstić information content (AvgIpc) is 3.19. The number of benzene rings is 2. The van der Waals surface area contributed by atoms with Gasteiger partial charge in [-0.05, 0) is 35.7 Å². The molecule has 3 aromatic rings. The molecular weight excluding hydrogens is 329 g/mol. The third kappa shape index (κ3) is 4.69. The van der Waals surface area contributed by atoms with Crippen molar-refractivity contribution in [1.29, 1.82) is 0 Å². The van der Waals surface area contributed by atoms with Crippen LogP contribution in [0.3, 0.4) is 0 Å². The SMILES string of the molecule is CN=C(NCCc1cccc(F)c1)NCc1ccccc1-n1ccnc1. The Morgan fingerprint density at radius 3 is 2.81 bits per heavy atom. The van der Waals surface area contributed by atoms with Gasteiger partial charge in [0.1, 0.15) is 5.82 Å². The van der Waals surface area contributed by atoms with Crippen LogP contribution < -0.4 is 10.6 Å². The summed E-state index contributed by atoms with van der Waals surface area (Å²) in [6.07, 6.45) is 6.19. The van der Waals surface area contributed by atoms with Crippen LogP contribution in [0.1, 0.15) is 11.1 Å². The smallest absolute Gasteiger partial charge is 0.191 e. The fourth-order valence-corrected chi connectivity index (χ4v) is 2.73. The zero-order valence-corrected chi connectivity index (χ0v) is 14.7. The van der Waals surface area contributed by atoms with E-state index in [9.17, 15) is 4.39 Å². The lowest BCUT2D eigenvalue weighted by Gasteiger charge is -2.14. The molecule has 0 radical (unpaired) electrons. The molecule has 0 amide bonds. The zero-order valence-electron chi connectivity index (χ0n) is 14.7. The van der Waals surface area contributed by atoms with E-state index < -0.39 is 0 Å². The zero-order chi connectivity index (χ0) is 18.2. The van der Waals surface area contributed by atoms with Crippen molar-refractivity contribution in [2.45, 2.75) is 13.0 Å². The summed E-state index contributed by atoms with van der Waals surface area (Å²) in [7, 11) is 1.74. The predicted molar refractivity (Wildman–Crippen MR) is 102 cm³/mol. The number of imidazole rings is 1. The maximum atomic E-state index is 13.2. The number of hydrogen-bond donors (Lipinski definition) is 2. The number of rotatable bonds is 6. The number of nitrogens with one attached hydrogen (secondary N) is 2. The quantitative estimate of drug-likeness (QED) is 0.530. The number of aliphatic imine (C=N–C) groups is 1. The molecule has 134 valence electrons. The van der Waals surface area contributed by atoms with Crippen molar-refractivity contribution in [2.24, 2.45) is 4.99 Å². The summed E-state index contributed by atoms with van der Waals surface area (Å²) >= 11 is 0. The first-order chi connectivity index (χ1) is 12.8. The van der Waals surface area contributed by atoms with Gasteiger partial charge in [0.05, 0.1) is 12.0 Å². The molecule has 3 rings (SSSR count). The standard InChI is InChI=1S/C20H22FN5/c1-22-20(24-10-9-16-5-4-7-18(21)13-16)25-14-17-6-2-3-8-19(17)26-12-11-23-15-26/h2-8,11-13,15H,9-10,14H2,1H3,(H2,22,24,25). The van der Waals surface area contributed by atoms with Crippen molar-refractivity contribution in [3.63, 3.8) is 0 Å². The Bertz CT molecular complexity index is 858. The van der Waals surface area contributed by atoms with Crippen LogP contribution in [0, 0.1) is 5.82 Å². The molecule has 1 aromatic heterocycles. The predicted octanol–water partition coefficient (Wildman–Crippen LogP) is 2.92. The second-order valence-corrected chi connectivity index (χ2v) is 5.83. The van der Waals surface area contributed by atoms with E-state index in [1.807, 2.05) is 29.0 Å². The van der Waals surface area contributed by atoms with Crippen LogP contribution in [0.15, 0.2) is 72.2 Å². The van der Waals surface area contributed by atoms with Crippen molar-refractivity contribution in [3.05, 3.63) is 84.2 Å². The van der Waals surface area contributed by atoms with Crippen molar-refractivity contribution >= 4 is 5.96 Å². The molecule has 0 aliphatic rings. The summed E-state index contributed by atoms with van der Waals surface area (Å²) < 4.78 is 15.2. The molecule has 0 saturated carbocycles. The maximum absolute atomic E-state index is 13.2. The van der Waals surface area contributed by atoms with Gasteiger partial charge in [0, 0.05) is 32.5 Å². The van der Waals surface area contributed by atoms with Crippen LogP contribution in [0.25, 0.3) is 5.69 Å². The van der Waals surface area contributed by atoms with Crippen molar-refractivity contribution in [3.8, 4) is 5.69 Å². The Morgan fingerprint density at radius 1 is 1.15 bits per heavy atom. The second-order valence-electron chi connectivity index (χ2n) is 5.83. The molecule has 0 saturated heterocycles. The van der Waals surface area contributed by atoms with Crippen LogP contribution in [-0.4, -0.2) is 29.1 Å². The van der Waals surface area contributed by atoms with Crippen LogP contribution in [0.5, 0.6) is 0 Å². The lowest BCUT2D eigenvalue weighted by Crippen LogP contribution is -2.38. The molecule has 0 spiro atoms. The van der Waals surface area contributed by atoms with Gasteiger partial charge in [-0.1, -0.05) is 30.3 Å². The van der Waals surface area contributed by atoms with Gasteiger partial charge in [-0.25, -0.2) is 9.37 Å². The molecule has 0 aliphatic heterocycles. The summed E-state index contributed by atoms with van der Waals surface area (Å²) in [5.41, 5.74) is 3.17. The first-order valence-electron chi connectivity index (χ1n) is 8.51. The lowest BCUT2D eigenvalue weighted by atomic mass is 10.1. The van der Waals surface area contributed by atoms with Gasteiger partial charge in [-0.2, -0.15) is 0 Å². The minimum atomic E-state index is -0.207. The molecule has 26 heavy (non-hydrogen) atoms. The van der Waals surface area contributed by atoms with E-state index in [-0.39, 0.29) is 5.82 Å². The van der Waals surface area contributed by atoms with Crippen LogP contribution in [-0.2, 0) is 13.0 Å². The number of guanidine groups is 1. The monoisotopic (exact) mass is 351 g/mol. The topological polar surface area (TPSA) is 54.2 Å².